The third kappa shape index (κ3) is 4.22. The molecule has 1 saturated heterocycles. The van der Waals surface area contributed by atoms with Crippen LogP contribution in [0.3, 0.4) is 0 Å². The van der Waals surface area contributed by atoms with Gasteiger partial charge < -0.3 is 9.47 Å². The van der Waals surface area contributed by atoms with Crippen molar-refractivity contribution in [3.63, 3.8) is 0 Å². The fourth-order valence-electron chi connectivity index (χ4n) is 3.07. The second-order valence-electron chi connectivity index (χ2n) is 7.75. The predicted molar refractivity (Wildman–Crippen MR) is 102 cm³/mol. The Morgan fingerprint density at radius 3 is 2.29 bits per heavy atom. The Morgan fingerprint density at radius 2 is 1.64 bits per heavy atom. The number of nitrogens with zero attached hydrogens (tertiary/aromatic N) is 1. The average Bonchev–Trinajstić information content (AvgIpc) is 3.08. The van der Waals surface area contributed by atoms with Crippen molar-refractivity contribution in [3.05, 3.63) is 71.3 Å². The summed E-state index contributed by atoms with van der Waals surface area (Å²) in [7, 11) is 0. The van der Waals surface area contributed by atoms with Gasteiger partial charge in [-0.3, -0.25) is 14.5 Å². The summed E-state index contributed by atoms with van der Waals surface area (Å²) in [6.45, 7) is 5.62. The van der Waals surface area contributed by atoms with Gasteiger partial charge in [0.1, 0.15) is 13.2 Å². The molecule has 1 heterocycles. The molecule has 2 aromatic carbocycles. The highest BCUT2D eigenvalue weighted by Gasteiger charge is 2.43. The van der Waals surface area contributed by atoms with Gasteiger partial charge in [0.25, 0.3) is 5.91 Å². The van der Waals surface area contributed by atoms with Crippen LogP contribution >= 0.6 is 0 Å². The van der Waals surface area contributed by atoms with Gasteiger partial charge >= 0.3 is 11.9 Å². The predicted octanol–water partition coefficient (Wildman–Crippen LogP) is 3.41. The molecule has 3 rings (SSSR count). The second kappa shape index (κ2) is 7.84. The van der Waals surface area contributed by atoms with Crippen molar-refractivity contribution in [2.45, 2.75) is 33.6 Å². The smallest absolute Gasteiger partial charge is 0.339 e. The summed E-state index contributed by atoms with van der Waals surface area (Å²) in [6.07, 6.45) is -0.694. The third-order valence-corrected chi connectivity index (χ3v) is 4.42. The fraction of sp³-hybridized carbons (Fsp3) is 0.318. The van der Waals surface area contributed by atoms with E-state index >= 15 is 0 Å². The molecule has 1 atom stereocenters. The summed E-state index contributed by atoms with van der Waals surface area (Å²) >= 11 is 0. The SMILES string of the molecule is CC(C)(C)C1OC(=O)CN1C(=O)c1ccccc1C(=O)OCc1ccccc1. The first kappa shape index (κ1) is 19.6. The van der Waals surface area contributed by atoms with E-state index in [-0.39, 0.29) is 24.3 Å². The number of hydrogen-bond donors (Lipinski definition) is 0. The molecule has 0 radical (unpaired) electrons. The van der Waals surface area contributed by atoms with Crippen molar-refractivity contribution in [1.82, 2.24) is 4.90 Å². The Hall–Kier alpha value is -3.15. The Balaban J connectivity index is 1.82. The molecule has 1 aliphatic heterocycles. The van der Waals surface area contributed by atoms with E-state index in [1.54, 1.807) is 24.3 Å². The van der Waals surface area contributed by atoms with Crippen LogP contribution < -0.4 is 0 Å². The molecule has 0 bridgehead atoms. The van der Waals surface area contributed by atoms with Crippen molar-refractivity contribution in [2.75, 3.05) is 6.54 Å². The van der Waals surface area contributed by atoms with Crippen LogP contribution in [0.5, 0.6) is 0 Å². The van der Waals surface area contributed by atoms with Crippen molar-refractivity contribution < 1.29 is 23.9 Å². The molecule has 0 aliphatic carbocycles. The maximum Gasteiger partial charge on any atom is 0.339 e. The summed E-state index contributed by atoms with van der Waals surface area (Å²) in [5.41, 5.74) is 0.749. The van der Waals surface area contributed by atoms with Crippen LogP contribution in [0.2, 0.25) is 0 Å². The van der Waals surface area contributed by atoms with E-state index in [1.165, 1.54) is 4.90 Å². The number of carbonyl (C=O) groups excluding carboxylic acids is 3. The maximum absolute atomic E-state index is 13.1. The first-order chi connectivity index (χ1) is 13.3. The molecule has 146 valence electrons. The van der Waals surface area contributed by atoms with E-state index in [4.69, 9.17) is 9.47 Å². The summed E-state index contributed by atoms with van der Waals surface area (Å²) in [4.78, 5) is 38.9. The minimum absolute atomic E-state index is 0.109. The van der Waals surface area contributed by atoms with Gasteiger partial charge in [-0.15, -0.1) is 0 Å². The van der Waals surface area contributed by atoms with Crippen LogP contribution in [0.25, 0.3) is 0 Å². The normalized spacial score (nSPS) is 16.6. The molecule has 1 fully saturated rings. The molecule has 0 N–H and O–H groups in total. The Bertz CT molecular complexity index is 885. The Morgan fingerprint density at radius 1 is 1.04 bits per heavy atom. The summed E-state index contributed by atoms with van der Waals surface area (Å²) in [5.74, 6) is -1.48. The van der Waals surface area contributed by atoms with Gasteiger partial charge in [-0.2, -0.15) is 0 Å². The lowest BCUT2D eigenvalue weighted by atomic mass is 9.93. The lowest BCUT2D eigenvalue weighted by Gasteiger charge is -2.32. The van der Waals surface area contributed by atoms with Crippen molar-refractivity contribution in [2.24, 2.45) is 5.41 Å². The van der Waals surface area contributed by atoms with E-state index in [1.807, 2.05) is 51.1 Å². The monoisotopic (exact) mass is 381 g/mol. The zero-order valence-corrected chi connectivity index (χ0v) is 16.2. The number of amides is 1. The van der Waals surface area contributed by atoms with Crippen molar-refractivity contribution in [3.8, 4) is 0 Å². The Labute approximate surface area is 164 Å². The van der Waals surface area contributed by atoms with E-state index in [0.717, 1.165) is 5.56 Å². The number of hydrogen-bond acceptors (Lipinski definition) is 5. The minimum atomic E-state index is -0.694. The molecule has 0 aromatic heterocycles. The lowest BCUT2D eigenvalue weighted by molar-refractivity contribution is -0.146. The van der Waals surface area contributed by atoms with Crippen LogP contribution in [0, 0.1) is 5.41 Å². The molecule has 0 saturated carbocycles. The van der Waals surface area contributed by atoms with Gasteiger partial charge in [0.2, 0.25) is 0 Å². The molecular weight excluding hydrogens is 358 g/mol. The zero-order valence-electron chi connectivity index (χ0n) is 16.2. The van der Waals surface area contributed by atoms with Crippen LogP contribution in [-0.2, 0) is 20.9 Å². The van der Waals surface area contributed by atoms with Gasteiger partial charge in [0.05, 0.1) is 11.1 Å². The molecule has 6 heteroatoms. The van der Waals surface area contributed by atoms with Crippen molar-refractivity contribution >= 4 is 17.8 Å². The molecular formula is C22H23NO5. The van der Waals surface area contributed by atoms with Crippen molar-refractivity contribution in [1.29, 1.82) is 0 Å². The van der Waals surface area contributed by atoms with Crippen LogP contribution in [-0.4, -0.2) is 35.5 Å². The van der Waals surface area contributed by atoms with E-state index in [2.05, 4.69) is 0 Å². The highest BCUT2D eigenvalue weighted by atomic mass is 16.6. The first-order valence-corrected chi connectivity index (χ1v) is 9.08. The first-order valence-electron chi connectivity index (χ1n) is 9.08. The van der Waals surface area contributed by atoms with Gasteiger partial charge in [-0.25, -0.2) is 4.79 Å². The van der Waals surface area contributed by atoms with Crippen LogP contribution in [0.15, 0.2) is 54.6 Å². The number of esters is 2. The largest absolute Gasteiger partial charge is 0.457 e. The molecule has 6 nitrogen and oxygen atoms in total. The fourth-order valence-corrected chi connectivity index (χ4v) is 3.07. The van der Waals surface area contributed by atoms with Gasteiger partial charge in [0.15, 0.2) is 6.23 Å². The standard InChI is InChI=1S/C22H23NO5/c1-22(2,3)21-23(13-18(24)28-21)19(25)16-11-7-8-12-17(16)20(26)27-14-15-9-5-4-6-10-15/h4-12,21H,13-14H2,1-3H3. The molecule has 28 heavy (non-hydrogen) atoms. The second-order valence-corrected chi connectivity index (χ2v) is 7.75. The highest BCUT2D eigenvalue weighted by molar-refractivity contribution is 6.06. The number of rotatable bonds is 4. The van der Waals surface area contributed by atoms with Gasteiger partial charge in [0, 0.05) is 5.41 Å². The molecule has 1 aliphatic rings. The number of benzene rings is 2. The van der Waals surface area contributed by atoms with Gasteiger partial charge in [-0.1, -0.05) is 63.2 Å². The van der Waals surface area contributed by atoms with Crippen LogP contribution in [0.4, 0.5) is 0 Å². The molecule has 1 unspecified atom stereocenters. The third-order valence-electron chi connectivity index (χ3n) is 4.42. The molecule has 1 amide bonds. The van der Waals surface area contributed by atoms with E-state index < -0.39 is 29.5 Å². The molecule has 0 spiro atoms. The topological polar surface area (TPSA) is 72.9 Å². The van der Waals surface area contributed by atoms with Crippen LogP contribution in [0.1, 0.15) is 47.1 Å². The summed E-state index contributed by atoms with van der Waals surface area (Å²) < 4.78 is 10.7. The van der Waals surface area contributed by atoms with E-state index in [0.29, 0.717) is 0 Å². The lowest BCUT2D eigenvalue weighted by Crippen LogP contribution is -2.44. The summed E-state index contributed by atoms with van der Waals surface area (Å²) in [6, 6.07) is 15.8. The number of cyclic esters (lactones) is 1. The van der Waals surface area contributed by atoms with Gasteiger partial charge in [-0.05, 0) is 17.7 Å². The number of ether oxygens (including phenoxy) is 2. The zero-order chi connectivity index (χ0) is 20.3. The number of carbonyl (C=O) groups is 3. The minimum Gasteiger partial charge on any atom is -0.457 e. The maximum atomic E-state index is 13.1. The molecule has 2 aromatic rings. The summed E-state index contributed by atoms with van der Waals surface area (Å²) in [5, 5.41) is 0. The van der Waals surface area contributed by atoms with E-state index in [9.17, 15) is 14.4 Å². The highest BCUT2D eigenvalue weighted by Crippen LogP contribution is 2.31. The average molecular weight is 381 g/mol. The quantitative estimate of drug-likeness (QED) is 0.759. The Kier molecular flexibility index (Phi) is 5.49.